The zero-order valence-electron chi connectivity index (χ0n) is 10.8. The van der Waals surface area contributed by atoms with E-state index in [4.69, 9.17) is 0 Å². The first-order chi connectivity index (χ1) is 8.88. The van der Waals surface area contributed by atoms with Gasteiger partial charge in [0.1, 0.15) is 0 Å². The fraction of sp³-hybridized carbons (Fsp3) is 0.222. The average molecular weight is 234 g/mol. The first-order valence-corrected chi connectivity index (χ1v) is 6.54. The molecule has 0 heteroatoms. The van der Waals surface area contributed by atoms with Gasteiger partial charge < -0.3 is 0 Å². The van der Waals surface area contributed by atoms with Crippen LogP contribution in [0.3, 0.4) is 0 Å². The molecular formula is C18H18. The average Bonchev–Trinajstić information content (AvgIpc) is 2.44. The van der Waals surface area contributed by atoms with Crippen molar-refractivity contribution in [1.29, 1.82) is 0 Å². The lowest BCUT2D eigenvalue weighted by atomic mass is 10.1. The minimum Gasteiger partial charge on any atom is -0.0654 e. The molecule has 0 nitrogen and oxygen atoms in total. The van der Waals surface area contributed by atoms with Gasteiger partial charge in [-0.25, -0.2) is 0 Å². The van der Waals surface area contributed by atoms with Crippen LogP contribution in [0.4, 0.5) is 0 Å². The molecule has 0 aromatic heterocycles. The van der Waals surface area contributed by atoms with Gasteiger partial charge in [0.05, 0.1) is 0 Å². The molecule has 0 aliphatic rings. The van der Waals surface area contributed by atoms with Gasteiger partial charge in [0, 0.05) is 11.1 Å². The molecule has 0 saturated carbocycles. The summed E-state index contributed by atoms with van der Waals surface area (Å²) < 4.78 is 0. The largest absolute Gasteiger partial charge is 0.0654 e. The Labute approximate surface area is 110 Å². The molecule has 0 amide bonds. The molecule has 0 aliphatic carbocycles. The molecule has 0 heterocycles. The lowest BCUT2D eigenvalue weighted by molar-refractivity contribution is 0.795. The van der Waals surface area contributed by atoms with Crippen LogP contribution in [0.15, 0.2) is 54.6 Å². The fourth-order valence-electron chi connectivity index (χ4n) is 1.85. The lowest BCUT2D eigenvalue weighted by Crippen LogP contribution is -1.85. The first kappa shape index (κ1) is 12.5. The van der Waals surface area contributed by atoms with Crippen LogP contribution in [0, 0.1) is 11.8 Å². The summed E-state index contributed by atoms with van der Waals surface area (Å²) in [7, 11) is 0. The second-order valence-electron chi connectivity index (χ2n) is 4.42. The summed E-state index contributed by atoms with van der Waals surface area (Å²) in [4.78, 5) is 0. The van der Waals surface area contributed by atoms with Crippen LogP contribution in [0.1, 0.15) is 36.5 Å². The molecular weight excluding hydrogens is 216 g/mol. The summed E-state index contributed by atoms with van der Waals surface area (Å²) in [5, 5.41) is 0. The number of hydrogen-bond donors (Lipinski definition) is 0. The van der Waals surface area contributed by atoms with Crippen molar-refractivity contribution in [2.24, 2.45) is 0 Å². The smallest absolute Gasteiger partial charge is 0.0251 e. The summed E-state index contributed by atoms with van der Waals surface area (Å²) in [5.41, 5.74) is 3.56. The van der Waals surface area contributed by atoms with Crippen LogP contribution in [0.5, 0.6) is 0 Å². The van der Waals surface area contributed by atoms with Crippen molar-refractivity contribution in [3.63, 3.8) is 0 Å². The molecule has 90 valence electrons. The van der Waals surface area contributed by atoms with E-state index in [1.165, 1.54) is 18.4 Å². The van der Waals surface area contributed by atoms with E-state index in [9.17, 15) is 0 Å². The van der Waals surface area contributed by atoms with Gasteiger partial charge in [-0.3, -0.25) is 0 Å². The second kappa shape index (κ2) is 6.67. The number of benzene rings is 2. The minimum atomic E-state index is 1.07. The highest BCUT2D eigenvalue weighted by Gasteiger charge is 1.93. The van der Waals surface area contributed by atoms with E-state index in [-0.39, 0.29) is 0 Å². The van der Waals surface area contributed by atoms with Crippen LogP contribution >= 0.6 is 0 Å². The molecule has 0 radical (unpaired) electrons. The second-order valence-corrected chi connectivity index (χ2v) is 4.42. The van der Waals surface area contributed by atoms with Crippen LogP contribution in [0.25, 0.3) is 0 Å². The maximum Gasteiger partial charge on any atom is 0.0251 e. The standard InChI is InChI=1S/C18H18/c1-2-3-8-17-11-7-12-18(15-17)14-13-16-9-5-4-6-10-16/h4-7,9-12,15H,2-3,8H2,1H3. The Morgan fingerprint density at radius 2 is 1.56 bits per heavy atom. The van der Waals surface area contributed by atoms with Gasteiger partial charge in [0.25, 0.3) is 0 Å². The Hall–Kier alpha value is -2.00. The van der Waals surface area contributed by atoms with Crippen molar-refractivity contribution in [2.45, 2.75) is 26.2 Å². The van der Waals surface area contributed by atoms with Crippen molar-refractivity contribution >= 4 is 0 Å². The number of unbranched alkanes of at least 4 members (excludes halogenated alkanes) is 1. The summed E-state index contributed by atoms with van der Waals surface area (Å²) in [6.07, 6.45) is 3.63. The van der Waals surface area contributed by atoms with Crippen molar-refractivity contribution in [1.82, 2.24) is 0 Å². The summed E-state index contributed by atoms with van der Waals surface area (Å²) in [6.45, 7) is 2.22. The Bertz CT molecular complexity index is 541. The van der Waals surface area contributed by atoms with Crippen molar-refractivity contribution in [3.05, 3.63) is 71.3 Å². The summed E-state index contributed by atoms with van der Waals surface area (Å²) in [6, 6.07) is 18.7. The van der Waals surface area contributed by atoms with Crippen LogP contribution < -0.4 is 0 Å². The lowest BCUT2D eigenvalue weighted by Gasteiger charge is -1.99. The fourth-order valence-corrected chi connectivity index (χ4v) is 1.85. The minimum absolute atomic E-state index is 1.07. The third-order valence-corrected chi connectivity index (χ3v) is 2.87. The summed E-state index contributed by atoms with van der Waals surface area (Å²) in [5.74, 6) is 6.42. The molecule has 0 aliphatic heterocycles. The van der Waals surface area contributed by atoms with Gasteiger partial charge in [-0.15, -0.1) is 0 Å². The highest BCUT2D eigenvalue weighted by molar-refractivity contribution is 5.43. The van der Waals surface area contributed by atoms with E-state index in [0.717, 1.165) is 17.5 Å². The van der Waals surface area contributed by atoms with Crippen LogP contribution in [-0.4, -0.2) is 0 Å². The molecule has 2 aromatic carbocycles. The maximum absolute atomic E-state index is 3.23. The van der Waals surface area contributed by atoms with Crippen molar-refractivity contribution in [2.75, 3.05) is 0 Å². The number of aryl methyl sites for hydroxylation is 1. The van der Waals surface area contributed by atoms with E-state index >= 15 is 0 Å². The Morgan fingerprint density at radius 3 is 2.33 bits per heavy atom. The van der Waals surface area contributed by atoms with E-state index in [2.05, 4.69) is 43.0 Å². The predicted octanol–water partition coefficient (Wildman–Crippen LogP) is 4.43. The quantitative estimate of drug-likeness (QED) is 0.689. The molecule has 2 aromatic rings. The molecule has 0 saturated heterocycles. The van der Waals surface area contributed by atoms with Gasteiger partial charge >= 0.3 is 0 Å². The van der Waals surface area contributed by atoms with Gasteiger partial charge in [-0.05, 0) is 42.7 Å². The third-order valence-electron chi connectivity index (χ3n) is 2.87. The van der Waals surface area contributed by atoms with E-state index in [1.54, 1.807) is 0 Å². The van der Waals surface area contributed by atoms with Gasteiger partial charge in [0.15, 0.2) is 0 Å². The van der Waals surface area contributed by atoms with Crippen molar-refractivity contribution in [3.8, 4) is 11.8 Å². The number of rotatable bonds is 3. The predicted molar refractivity (Wildman–Crippen MR) is 77.5 cm³/mol. The number of hydrogen-bond acceptors (Lipinski definition) is 0. The van der Waals surface area contributed by atoms with E-state index < -0.39 is 0 Å². The molecule has 2 rings (SSSR count). The molecule has 0 N–H and O–H groups in total. The van der Waals surface area contributed by atoms with Gasteiger partial charge in [0.2, 0.25) is 0 Å². The van der Waals surface area contributed by atoms with E-state index in [1.807, 2.05) is 30.3 Å². The molecule has 0 fully saturated rings. The molecule has 0 unspecified atom stereocenters. The van der Waals surface area contributed by atoms with Crippen LogP contribution in [-0.2, 0) is 6.42 Å². The Morgan fingerprint density at radius 1 is 0.833 bits per heavy atom. The highest BCUT2D eigenvalue weighted by atomic mass is 14.0. The zero-order valence-corrected chi connectivity index (χ0v) is 10.8. The van der Waals surface area contributed by atoms with Gasteiger partial charge in [-0.2, -0.15) is 0 Å². The maximum atomic E-state index is 3.23. The molecule has 0 spiro atoms. The topological polar surface area (TPSA) is 0 Å². The van der Waals surface area contributed by atoms with Crippen molar-refractivity contribution < 1.29 is 0 Å². The SMILES string of the molecule is CCCCc1cccc(C#Cc2ccccc2)c1. The van der Waals surface area contributed by atoms with Crippen LogP contribution in [0.2, 0.25) is 0 Å². The molecule has 0 atom stereocenters. The van der Waals surface area contributed by atoms with Gasteiger partial charge in [-0.1, -0.05) is 55.5 Å². The Balaban J connectivity index is 2.12. The first-order valence-electron chi connectivity index (χ1n) is 6.54. The normalized spacial score (nSPS) is 9.61. The molecule has 18 heavy (non-hydrogen) atoms. The monoisotopic (exact) mass is 234 g/mol. The molecule has 0 bridgehead atoms. The zero-order chi connectivity index (χ0) is 12.6. The Kier molecular flexibility index (Phi) is 4.61. The highest BCUT2D eigenvalue weighted by Crippen LogP contribution is 2.08. The third kappa shape index (κ3) is 3.79. The summed E-state index contributed by atoms with van der Waals surface area (Å²) >= 11 is 0. The van der Waals surface area contributed by atoms with E-state index in [0.29, 0.717) is 0 Å².